The number of methoxy groups -OCH3 is 1. The van der Waals surface area contributed by atoms with Gasteiger partial charge in [-0.15, -0.1) is 0 Å². The number of hydrogen-bond donors (Lipinski definition) is 1. The van der Waals surface area contributed by atoms with Gasteiger partial charge in [-0.1, -0.05) is 11.6 Å². The van der Waals surface area contributed by atoms with Gasteiger partial charge in [0.2, 0.25) is 0 Å². The van der Waals surface area contributed by atoms with Crippen molar-refractivity contribution in [1.82, 2.24) is 25.1 Å². The molecule has 1 N–H and O–H groups in total. The van der Waals surface area contributed by atoms with Crippen LogP contribution in [0.5, 0.6) is 5.75 Å². The molecule has 0 saturated heterocycles. The Morgan fingerprint density at radius 1 is 1.44 bits per heavy atom. The molecule has 3 aromatic rings. The summed E-state index contributed by atoms with van der Waals surface area (Å²) >= 11 is 6.13. The van der Waals surface area contributed by atoms with Crippen molar-refractivity contribution >= 4 is 17.5 Å². The molecular weight excluding hydrogens is 346 g/mol. The summed E-state index contributed by atoms with van der Waals surface area (Å²) in [4.78, 5) is 20.2. The average Bonchev–Trinajstić information content (AvgIpc) is 3.30. The Labute approximate surface area is 148 Å². The van der Waals surface area contributed by atoms with Gasteiger partial charge in [0, 0.05) is 18.7 Å². The van der Waals surface area contributed by atoms with E-state index in [0.717, 1.165) is 6.42 Å². The molecule has 0 aliphatic carbocycles. The Morgan fingerprint density at radius 3 is 3.04 bits per heavy atom. The summed E-state index contributed by atoms with van der Waals surface area (Å²) in [6.45, 7) is 1.15. The van der Waals surface area contributed by atoms with E-state index in [-0.39, 0.29) is 11.6 Å². The summed E-state index contributed by atoms with van der Waals surface area (Å²) in [7, 11) is 1.54. The third-order valence-corrected chi connectivity index (χ3v) is 3.81. The summed E-state index contributed by atoms with van der Waals surface area (Å²) in [5.41, 5.74) is 0.859. The number of nitrogens with zero attached hydrogens (tertiary/aromatic N) is 4. The lowest BCUT2D eigenvalue weighted by Crippen LogP contribution is -2.26. The van der Waals surface area contributed by atoms with Crippen LogP contribution in [-0.4, -0.2) is 39.3 Å². The van der Waals surface area contributed by atoms with Crippen LogP contribution in [0.4, 0.5) is 0 Å². The van der Waals surface area contributed by atoms with Crippen molar-refractivity contribution in [2.24, 2.45) is 0 Å². The number of rotatable bonds is 7. The van der Waals surface area contributed by atoms with Crippen LogP contribution >= 0.6 is 11.6 Å². The van der Waals surface area contributed by atoms with Crippen molar-refractivity contribution in [3.05, 3.63) is 48.0 Å². The minimum atomic E-state index is -0.311. The van der Waals surface area contributed by atoms with Crippen LogP contribution in [0, 0.1) is 0 Å². The zero-order valence-corrected chi connectivity index (χ0v) is 14.2. The Balaban J connectivity index is 1.64. The van der Waals surface area contributed by atoms with Gasteiger partial charge in [0.25, 0.3) is 5.91 Å². The van der Waals surface area contributed by atoms with E-state index in [1.54, 1.807) is 29.2 Å². The van der Waals surface area contributed by atoms with Crippen LogP contribution in [0.1, 0.15) is 16.9 Å². The molecule has 0 aliphatic rings. The van der Waals surface area contributed by atoms with Gasteiger partial charge in [0.1, 0.15) is 18.4 Å². The second-order valence-corrected chi connectivity index (χ2v) is 5.55. The highest BCUT2D eigenvalue weighted by molar-refractivity contribution is 6.32. The summed E-state index contributed by atoms with van der Waals surface area (Å²) in [6, 6.07) is 5.13. The molecular formula is C16H16ClN5O3. The van der Waals surface area contributed by atoms with Crippen LogP contribution in [0.15, 0.2) is 41.7 Å². The number of hydrogen-bond acceptors (Lipinski definition) is 6. The van der Waals surface area contributed by atoms with Gasteiger partial charge < -0.3 is 14.5 Å². The third-order valence-electron chi connectivity index (χ3n) is 3.51. The Morgan fingerprint density at radius 2 is 2.32 bits per heavy atom. The highest BCUT2D eigenvalue weighted by atomic mass is 35.5. The van der Waals surface area contributed by atoms with Gasteiger partial charge in [-0.2, -0.15) is 5.10 Å². The van der Waals surface area contributed by atoms with Crippen LogP contribution in [0.25, 0.3) is 11.3 Å². The molecule has 0 unspecified atom stereocenters. The van der Waals surface area contributed by atoms with Crippen LogP contribution < -0.4 is 10.1 Å². The topological polar surface area (TPSA) is 95.1 Å². The molecule has 1 aromatic carbocycles. The molecule has 0 radical (unpaired) electrons. The fourth-order valence-electron chi connectivity index (χ4n) is 2.30. The maximum Gasteiger partial charge on any atom is 0.273 e. The second-order valence-electron chi connectivity index (χ2n) is 5.15. The Kier molecular flexibility index (Phi) is 5.30. The van der Waals surface area contributed by atoms with Gasteiger partial charge in [-0.3, -0.25) is 9.48 Å². The quantitative estimate of drug-likeness (QED) is 0.649. The number of aryl methyl sites for hydroxylation is 1. The first-order valence-electron chi connectivity index (χ1n) is 7.57. The zero-order chi connectivity index (χ0) is 17.6. The van der Waals surface area contributed by atoms with Crippen molar-refractivity contribution < 1.29 is 13.9 Å². The van der Waals surface area contributed by atoms with Crippen molar-refractivity contribution in [3.63, 3.8) is 0 Å². The SMILES string of the molecule is COc1ccc(-c2ocnc2C(=O)NCCCn2cncn2)cc1Cl. The van der Waals surface area contributed by atoms with Gasteiger partial charge in [0.05, 0.1) is 12.1 Å². The van der Waals surface area contributed by atoms with Crippen LogP contribution in [0.2, 0.25) is 5.02 Å². The lowest BCUT2D eigenvalue weighted by Gasteiger charge is -2.06. The summed E-state index contributed by atoms with van der Waals surface area (Å²) < 4.78 is 12.2. The van der Waals surface area contributed by atoms with Gasteiger partial charge >= 0.3 is 0 Å². The lowest BCUT2D eigenvalue weighted by molar-refractivity contribution is 0.0948. The molecule has 0 bridgehead atoms. The largest absolute Gasteiger partial charge is 0.495 e. The minimum Gasteiger partial charge on any atom is -0.495 e. The number of carbonyl (C=O) groups is 1. The van der Waals surface area contributed by atoms with E-state index in [1.165, 1.54) is 19.8 Å². The van der Waals surface area contributed by atoms with E-state index in [9.17, 15) is 4.79 Å². The predicted octanol–water partition coefficient (Wildman–Crippen LogP) is 2.42. The molecule has 1 amide bonds. The molecule has 2 heterocycles. The van der Waals surface area contributed by atoms with Crippen molar-refractivity contribution in [2.75, 3.05) is 13.7 Å². The van der Waals surface area contributed by atoms with E-state index in [2.05, 4.69) is 20.4 Å². The molecule has 0 atom stereocenters. The summed E-state index contributed by atoms with van der Waals surface area (Å²) in [5.74, 6) is 0.594. The Hall–Kier alpha value is -2.87. The number of carbonyl (C=O) groups excluding carboxylic acids is 1. The second kappa shape index (κ2) is 7.80. The van der Waals surface area contributed by atoms with Gasteiger partial charge in [0.15, 0.2) is 17.8 Å². The monoisotopic (exact) mass is 361 g/mol. The molecule has 0 aliphatic heterocycles. The molecule has 0 saturated carbocycles. The maximum atomic E-state index is 12.3. The van der Waals surface area contributed by atoms with Crippen LogP contribution in [0.3, 0.4) is 0 Å². The van der Waals surface area contributed by atoms with Gasteiger partial charge in [-0.05, 0) is 24.6 Å². The molecule has 2 aromatic heterocycles. The summed E-state index contributed by atoms with van der Waals surface area (Å²) in [5, 5.41) is 7.24. The molecule has 9 heteroatoms. The fraction of sp³-hybridized carbons (Fsp3) is 0.250. The summed E-state index contributed by atoms with van der Waals surface area (Å²) in [6.07, 6.45) is 5.06. The smallest absolute Gasteiger partial charge is 0.273 e. The first-order valence-corrected chi connectivity index (χ1v) is 7.95. The van der Waals surface area contributed by atoms with E-state index in [4.69, 9.17) is 20.8 Å². The third kappa shape index (κ3) is 3.97. The minimum absolute atomic E-state index is 0.210. The number of oxazole rings is 1. The van der Waals surface area contributed by atoms with Crippen molar-refractivity contribution in [1.29, 1.82) is 0 Å². The zero-order valence-electron chi connectivity index (χ0n) is 13.5. The molecule has 0 spiro atoms. The van der Waals surface area contributed by atoms with Crippen molar-refractivity contribution in [2.45, 2.75) is 13.0 Å². The average molecular weight is 362 g/mol. The molecule has 130 valence electrons. The number of aromatic nitrogens is 4. The number of nitrogens with one attached hydrogen (secondary N) is 1. The Bertz CT molecular complexity index is 847. The first kappa shape index (κ1) is 17.0. The molecule has 3 rings (SSSR count). The van der Waals surface area contributed by atoms with Crippen LogP contribution in [-0.2, 0) is 6.54 Å². The highest BCUT2D eigenvalue weighted by Gasteiger charge is 2.18. The number of ether oxygens (including phenoxy) is 1. The van der Waals surface area contributed by atoms with Crippen molar-refractivity contribution in [3.8, 4) is 17.1 Å². The standard InChI is InChI=1S/C16H16ClN5O3/c1-24-13-4-3-11(7-12(13)17)15-14(20-10-25-15)16(23)19-5-2-6-22-9-18-8-21-22/h3-4,7-10H,2,5-6H2,1H3,(H,19,23). The van der Waals surface area contributed by atoms with Gasteiger partial charge in [-0.25, -0.2) is 9.97 Å². The first-order chi connectivity index (χ1) is 12.2. The van der Waals surface area contributed by atoms with E-state index in [1.807, 2.05) is 0 Å². The molecule has 0 fully saturated rings. The van der Waals surface area contributed by atoms with E-state index >= 15 is 0 Å². The predicted molar refractivity (Wildman–Crippen MR) is 90.5 cm³/mol. The molecule has 8 nitrogen and oxygen atoms in total. The molecule has 25 heavy (non-hydrogen) atoms. The highest BCUT2D eigenvalue weighted by Crippen LogP contribution is 2.31. The van der Waals surface area contributed by atoms with E-state index < -0.39 is 0 Å². The number of halogens is 1. The number of benzene rings is 1. The fourth-order valence-corrected chi connectivity index (χ4v) is 2.55. The normalized spacial score (nSPS) is 10.6. The number of amides is 1. The van der Waals surface area contributed by atoms with E-state index in [0.29, 0.717) is 35.2 Å². The lowest BCUT2D eigenvalue weighted by atomic mass is 10.1. The maximum absolute atomic E-state index is 12.3.